The summed E-state index contributed by atoms with van der Waals surface area (Å²) in [6.45, 7) is 2.17. The molecule has 1 rings (SSSR count). The van der Waals surface area contributed by atoms with Gasteiger partial charge in [-0.1, -0.05) is 15.9 Å². The summed E-state index contributed by atoms with van der Waals surface area (Å²) < 4.78 is 37.5. The van der Waals surface area contributed by atoms with Crippen LogP contribution in [0, 0.1) is 0 Å². The molecule has 1 aromatic carbocycles. The van der Waals surface area contributed by atoms with Gasteiger partial charge in [0.2, 0.25) is 10.0 Å². The smallest absolute Gasteiger partial charge is 0.240 e. The molecule has 0 saturated heterocycles. The molecule has 0 atom stereocenters. The molecule has 0 aromatic heterocycles. The minimum atomic E-state index is -3.41. The van der Waals surface area contributed by atoms with Crippen LogP contribution in [0.15, 0.2) is 33.6 Å². The fourth-order valence-corrected chi connectivity index (χ4v) is 2.82. The third-order valence-corrected chi connectivity index (χ3v) is 4.57. The SMILES string of the molecule is COCCOCCCCNS(=O)(=O)c1ccc(Br)cc1. The van der Waals surface area contributed by atoms with Gasteiger partial charge in [-0.05, 0) is 37.1 Å². The van der Waals surface area contributed by atoms with Crippen molar-refractivity contribution in [3.63, 3.8) is 0 Å². The minimum Gasteiger partial charge on any atom is -0.382 e. The molecule has 7 heteroatoms. The van der Waals surface area contributed by atoms with E-state index in [2.05, 4.69) is 20.7 Å². The summed E-state index contributed by atoms with van der Waals surface area (Å²) in [6, 6.07) is 6.55. The average Bonchev–Trinajstić information content (AvgIpc) is 2.42. The number of sulfonamides is 1. The average molecular weight is 366 g/mol. The maximum Gasteiger partial charge on any atom is 0.240 e. The number of rotatable bonds is 10. The maximum absolute atomic E-state index is 11.9. The fraction of sp³-hybridized carbons (Fsp3) is 0.538. The Bertz CT molecular complexity index is 476. The van der Waals surface area contributed by atoms with Crippen LogP contribution in [0.3, 0.4) is 0 Å². The van der Waals surface area contributed by atoms with E-state index < -0.39 is 10.0 Å². The molecule has 0 aliphatic carbocycles. The molecule has 0 aliphatic rings. The zero-order valence-electron chi connectivity index (χ0n) is 11.5. The van der Waals surface area contributed by atoms with E-state index in [9.17, 15) is 8.42 Å². The van der Waals surface area contributed by atoms with Crippen LogP contribution in [-0.2, 0) is 19.5 Å². The summed E-state index contributed by atoms with van der Waals surface area (Å²) in [5.41, 5.74) is 0. The molecule has 5 nitrogen and oxygen atoms in total. The van der Waals surface area contributed by atoms with Gasteiger partial charge in [0.1, 0.15) is 0 Å². The van der Waals surface area contributed by atoms with E-state index >= 15 is 0 Å². The molecule has 0 radical (unpaired) electrons. The predicted octanol–water partition coefficient (Wildman–Crippen LogP) is 2.17. The van der Waals surface area contributed by atoms with Gasteiger partial charge < -0.3 is 9.47 Å². The van der Waals surface area contributed by atoms with Crippen molar-refractivity contribution in [2.75, 3.05) is 33.5 Å². The summed E-state index contributed by atoms with van der Waals surface area (Å²) >= 11 is 3.27. The van der Waals surface area contributed by atoms with Gasteiger partial charge in [-0.25, -0.2) is 13.1 Å². The zero-order chi connectivity index (χ0) is 14.8. The molecule has 0 aliphatic heterocycles. The minimum absolute atomic E-state index is 0.275. The van der Waals surface area contributed by atoms with Crippen molar-refractivity contribution in [3.8, 4) is 0 Å². The maximum atomic E-state index is 11.9. The van der Waals surface area contributed by atoms with Crippen LogP contribution in [0.1, 0.15) is 12.8 Å². The Morgan fingerprint density at radius 1 is 1.10 bits per heavy atom. The quantitative estimate of drug-likeness (QED) is 0.645. The lowest BCUT2D eigenvalue weighted by Crippen LogP contribution is -2.25. The van der Waals surface area contributed by atoms with Crippen molar-refractivity contribution in [1.82, 2.24) is 4.72 Å². The van der Waals surface area contributed by atoms with Gasteiger partial charge in [-0.3, -0.25) is 0 Å². The van der Waals surface area contributed by atoms with Crippen molar-refractivity contribution in [3.05, 3.63) is 28.7 Å². The van der Waals surface area contributed by atoms with Gasteiger partial charge in [0.25, 0.3) is 0 Å². The molecule has 0 bridgehead atoms. The van der Waals surface area contributed by atoms with Crippen LogP contribution in [0.4, 0.5) is 0 Å². The zero-order valence-corrected chi connectivity index (χ0v) is 13.9. The monoisotopic (exact) mass is 365 g/mol. The Kier molecular flexibility index (Phi) is 8.32. The van der Waals surface area contributed by atoms with E-state index in [0.717, 1.165) is 17.3 Å². The van der Waals surface area contributed by atoms with Crippen molar-refractivity contribution < 1.29 is 17.9 Å². The second-order valence-corrected chi connectivity index (χ2v) is 6.85. The first-order valence-electron chi connectivity index (χ1n) is 6.38. The van der Waals surface area contributed by atoms with Crippen LogP contribution in [0.5, 0.6) is 0 Å². The second-order valence-electron chi connectivity index (χ2n) is 4.16. The Morgan fingerprint density at radius 2 is 1.80 bits per heavy atom. The molecule has 0 amide bonds. The first kappa shape index (κ1) is 17.6. The number of unbranched alkanes of at least 4 members (excludes halogenated alkanes) is 1. The second kappa shape index (κ2) is 9.46. The highest BCUT2D eigenvalue weighted by atomic mass is 79.9. The third-order valence-electron chi connectivity index (χ3n) is 2.56. The molecule has 0 unspecified atom stereocenters. The van der Waals surface area contributed by atoms with Crippen molar-refractivity contribution in [1.29, 1.82) is 0 Å². The molecule has 0 saturated carbocycles. The number of ether oxygens (including phenoxy) is 2. The molecular weight excluding hydrogens is 346 g/mol. The summed E-state index contributed by atoms with van der Waals surface area (Å²) in [7, 11) is -1.78. The topological polar surface area (TPSA) is 64.6 Å². The van der Waals surface area contributed by atoms with Crippen LogP contribution < -0.4 is 4.72 Å². The van der Waals surface area contributed by atoms with Crippen molar-refractivity contribution in [2.45, 2.75) is 17.7 Å². The number of hydrogen-bond donors (Lipinski definition) is 1. The summed E-state index contributed by atoms with van der Waals surface area (Å²) in [5, 5.41) is 0. The molecule has 114 valence electrons. The highest BCUT2D eigenvalue weighted by Crippen LogP contribution is 2.14. The van der Waals surface area contributed by atoms with E-state index in [1.807, 2.05) is 0 Å². The van der Waals surface area contributed by atoms with E-state index in [1.54, 1.807) is 31.4 Å². The van der Waals surface area contributed by atoms with E-state index in [-0.39, 0.29) is 4.90 Å². The van der Waals surface area contributed by atoms with Crippen LogP contribution in [-0.4, -0.2) is 41.9 Å². The van der Waals surface area contributed by atoms with Crippen molar-refractivity contribution >= 4 is 26.0 Å². The Morgan fingerprint density at radius 3 is 2.45 bits per heavy atom. The lowest BCUT2D eigenvalue weighted by Gasteiger charge is -2.07. The first-order chi connectivity index (χ1) is 9.56. The Balaban J connectivity index is 2.22. The van der Waals surface area contributed by atoms with Gasteiger partial charge >= 0.3 is 0 Å². The van der Waals surface area contributed by atoms with E-state index in [0.29, 0.717) is 26.4 Å². The number of hydrogen-bond acceptors (Lipinski definition) is 4. The van der Waals surface area contributed by atoms with Gasteiger partial charge in [0.05, 0.1) is 18.1 Å². The third kappa shape index (κ3) is 6.81. The molecule has 1 aromatic rings. The molecule has 0 spiro atoms. The van der Waals surface area contributed by atoms with E-state index in [1.165, 1.54) is 0 Å². The highest BCUT2D eigenvalue weighted by molar-refractivity contribution is 9.10. The molecule has 0 heterocycles. The summed E-state index contributed by atoms with van der Waals surface area (Å²) in [6.07, 6.45) is 1.55. The van der Waals surface area contributed by atoms with Gasteiger partial charge in [-0.15, -0.1) is 0 Å². The molecule has 0 fully saturated rings. The number of halogens is 1. The summed E-state index contributed by atoms with van der Waals surface area (Å²) in [5.74, 6) is 0. The van der Waals surface area contributed by atoms with Crippen LogP contribution in [0.25, 0.3) is 0 Å². The number of benzene rings is 1. The van der Waals surface area contributed by atoms with Crippen molar-refractivity contribution in [2.24, 2.45) is 0 Å². The normalized spacial score (nSPS) is 11.7. The fourth-order valence-electron chi connectivity index (χ4n) is 1.48. The Hall–Kier alpha value is -0.470. The molecular formula is C13H20BrNO4S. The molecule has 20 heavy (non-hydrogen) atoms. The predicted molar refractivity (Wildman–Crippen MR) is 81.3 cm³/mol. The van der Waals surface area contributed by atoms with Crippen LogP contribution in [0.2, 0.25) is 0 Å². The first-order valence-corrected chi connectivity index (χ1v) is 8.66. The van der Waals surface area contributed by atoms with E-state index in [4.69, 9.17) is 9.47 Å². The molecule has 1 N–H and O–H groups in total. The van der Waals surface area contributed by atoms with Gasteiger partial charge in [-0.2, -0.15) is 0 Å². The number of methoxy groups -OCH3 is 1. The van der Waals surface area contributed by atoms with Gasteiger partial charge in [0, 0.05) is 24.7 Å². The van der Waals surface area contributed by atoms with Crippen LogP contribution >= 0.6 is 15.9 Å². The summed E-state index contributed by atoms with van der Waals surface area (Å²) in [4.78, 5) is 0.275. The largest absolute Gasteiger partial charge is 0.382 e. The highest BCUT2D eigenvalue weighted by Gasteiger charge is 2.12. The standard InChI is InChI=1S/C13H20BrNO4S/c1-18-10-11-19-9-3-2-8-15-20(16,17)13-6-4-12(14)5-7-13/h4-7,15H,2-3,8-11H2,1H3. The lowest BCUT2D eigenvalue weighted by molar-refractivity contribution is 0.0689. The number of nitrogens with one attached hydrogen (secondary N) is 1. The Labute approximate surface area is 128 Å². The lowest BCUT2D eigenvalue weighted by atomic mass is 10.3. The van der Waals surface area contributed by atoms with Gasteiger partial charge in [0.15, 0.2) is 0 Å².